The summed E-state index contributed by atoms with van der Waals surface area (Å²) in [5.41, 5.74) is 1.53. The van der Waals surface area contributed by atoms with Gasteiger partial charge in [0, 0.05) is 11.1 Å². The van der Waals surface area contributed by atoms with Crippen molar-refractivity contribution in [1.82, 2.24) is 4.90 Å². The van der Waals surface area contributed by atoms with Gasteiger partial charge in [-0.05, 0) is 61.7 Å². The number of rotatable bonds is 7. The highest BCUT2D eigenvalue weighted by molar-refractivity contribution is 6.30. The van der Waals surface area contributed by atoms with Crippen molar-refractivity contribution in [1.29, 1.82) is 0 Å². The predicted molar refractivity (Wildman–Crippen MR) is 132 cm³/mol. The Balaban J connectivity index is 1.57. The van der Waals surface area contributed by atoms with E-state index in [0.29, 0.717) is 16.3 Å². The number of halogens is 1. The van der Waals surface area contributed by atoms with Crippen LogP contribution in [0.1, 0.15) is 61.4 Å². The third kappa shape index (κ3) is 5.56. The average molecular weight is 497 g/mol. The maximum atomic E-state index is 13.5. The topological polar surface area (TPSA) is 84.0 Å². The lowest BCUT2D eigenvalue weighted by Crippen LogP contribution is -2.51. The van der Waals surface area contributed by atoms with Crippen molar-refractivity contribution in [3.05, 3.63) is 64.7 Å². The number of amides is 3. The number of carbonyl (C=O) groups is 4. The minimum atomic E-state index is -0.838. The van der Waals surface area contributed by atoms with Gasteiger partial charge in [0.25, 0.3) is 5.91 Å². The van der Waals surface area contributed by atoms with E-state index in [0.717, 1.165) is 42.6 Å². The monoisotopic (exact) mass is 496 g/mol. The average Bonchev–Trinajstić information content (AvgIpc) is 3.15. The molecule has 8 heteroatoms. The molecule has 0 N–H and O–H groups in total. The van der Waals surface area contributed by atoms with Crippen molar-refractivity contribution >= 4 is 41.0 Å². The van der Waals surface area contributed by atoms with Crippen LogP contribution < -0.4 is 4.90 Å². The molecule has 0 aromatic heterocycles. The van der Waals surface area contributed by atoms with Gasteiger partial charge in [-0.1, -0.05) is 43.0 Å². The van der Waals surface area contributed by atoms with Gasteiger partial charge < -0.3 is 9.64 Å². The number of benzene rings is 2. The number of carbonyl (C=O) groups excluding carboxylic acids is 4. The molecular weight excluding hydrogens is 468 g/mol. The second-order valence-electron chi connectivity index (χ2n) is 8.95. The Hall–Kier alpha value is -3.19. The van der Waals surface area contributed by atoms with Crippen LogP contribution in [0.25, 0.3) is 0 Å². The molecule has 0 bridgehead atoms. The highest BCUT2D eigenvalue weighted by atomic mass is 35.5. The van der Waals surface area contributed by atoms with Gasteiger partial charge >= 0.3 is 5.97 Å². The summed E-state index contributed by atoms with van der Waals surface area (Å²) in [6.07, 6.45) is 4.80. The van der Waals surface area contributed by atoms with Crippen molar-refractivity contribution < 1.29 is 23.9 Å². The summed E-state index contributed by atoms with van der Waals surface area (Å²) in [7, 11) is 0. The van der Waals surface area contributed by atoms with Crippen LogP contribution in [-0.4, -0.2) is 47.3 Å². The van der Waals surface area contributed by atoms with Crippen LogP contribution in [0.5, 0.6) is 0 Å². The quantitative estimate of drug-likeness (QED) is 0.414. The Bertz CT molecular complexity index is 1090. The molecule has 7 nitrogen and oxygen atoms in total. The van der Waals surface area contributed by atoms with Gasteiger partial charge in [0.2, 0.25) is 11.8 Å². The smallest absolute Gasteiger partial charge is 0.338 e. The van der Waals surface area contributed by atoms with Gasteiger partial charge in [0.05, 0.1) is 30.7 Å². The predicted octanol–water partition coefficient (Wildman–Crippen LogP) is 4.55. The molecule has 184 valence electrons. The summed E-state index contributed by atoms with van der Waals surface area (Å²) in [6, 6.07) is 12.4. The first-order chi connectivity index (χ1) is 16.9. The summed E-state index contributed by atoms with van der Waals surface area (Å²) in [5, 5.41) is 0.589. The van der Waals surface area contributed by atoms with E-state index in [9.17, 15) is 19.2 Å². The van der Waals surface area contributed by atoms with Crippen LogP contribution in [-0.2, 0) is 25.5 Å². The summed E-state index contributed by atoms with van der Waals surface area (Å²) >= 11 is 5.98. The minimum Gasteiger partial charge on any atom is -0.462 e. The van der Waals surface area contributed by atoms with E-state index in [2.05, 4.69) is 0 Å². The van der Waals surface area contributed by atoms with E-state index < -0.39 is 17.9 Å². The SMILES string of the molecule is CCOC(=O)c1ccc(N2C(=O)CC(N(C(=O)Cc3ccc(Cl)cc3)C3CCCCC3)C2=O)cc1. The minimum absolute atomic E-state index is 0.0542. The summed E-state index contributed by atoms with van der Waals surface area (Å²) in [4.78, 5) is 54.8. The van der Waals surface area contributed by atoms with E-state index in [1.165, 1.54) is 12.1 Å². The Morgan fingerprint density at radius 2 is 1.66 bits per heavy atom. The van der Waals surface area contributed by atoms with E-state index in [1.807, 2.05) is 0 Å². The van der Waals surface area contributed by atoms with Crippen molar-refractivity contribution in [3.8, 4) is 0 Å². The molecule has 1 heterocycles. The first kappa shape index (κ1) is 24.9. The zero-order valence-corrected chi connectivity index (χ0v) is 20.5. The molecule has 0 radical (unpaired) electrons. The fourth-order valence-corrected chi connectivity index (χ4v) is 5.05. The van der Waals surface area contributed by atoms with E-state index in [1.54, 1.807) is 48.2 Å². The number of imide groups is 1. The van der Waals surface area contributed by atoms with Gasteiger partial charge in [0.15, 0.2) is 0 Å². The van der Waals surface area contributed by atoms with Crippen LogP contribution in [0, 0.1) is 0 Å². The molecule has 0 spiro atoms. The molecule has 4 rings (SSSR count). The lowest BCUT2D eigenvalue weighted by molar-refractivity contribution is -0.141. The molecule has 1 unspecified atom stereocenters. The largest absolute Gasteiger partial charge is 0.462 e. The molecule has 2 aromatic rings. The molecule has 35 heavy (non-hydrogen) atoms. The Kier molecular flexibility index (Phi) is 7.86. The lowest BCUT2D eigenvalue weighted by Gasteiger charge is -2.37. The van der Waals surface area contributed by atoms with Crippen LogP contribution >= 0.6 is 11.6 Å². The van der Waals surface area contributed by atoms with Crippen LogP contribution in [0.4, 0.5) is 5.69 Å². The van der Waals surface area contributed by atoms with Crippen molar-refractivity contribution in [2.75, 3.05) is 11.5 Å². The van der Waals surface area contributed by atoms with Crippen LogP contribution in [0.2, 0.25) is 5.02 Å². The van der Waals surface area contributed by atoms with E-state index in [-0.39, 0.29) is 37.3 Å². The molecule has 1 aliphatic heterocycles. The molecule has 3 amide bonds. The molecule has 1 atom stereocenters. The molecule has 2 aromatic carbocycles. The molecule has 2 aliphatic rings. The zero-order valence-electron chi connectivity index (χ0n) is 19.7. The van der Waals surface area contributed by atoms with Gasteiger partial charge in [-0.25, -0.2) is 9.69 Å². The fourth-order valence-electron chi connectivity index (χ4n) is 4.92. The third-order valence-electron chi connectivity index (χ3n) is 6.62. The first-order valence-electron chi connectivity index (χ1n) is 12.1. The number of hydrogen-bond acceptors (Lipinski definition) is 5. The third-order valence-corrected chi connectivity index (χ3v) is 6.87. The van der Waals surface area contributed by atoms with Crippen molar-refractivity contribution in [2.45, 2.75) is 64.0 Å². The van der Waals surface area contributed by atoms with E-state index in [4.69, 9.17) is 16.3 Å². The molecule has 1 aliphatic carbocycles. The van der Waals surface area contributed by atoms with E-state index >= 15 is 0 Å². The molecule has 1 saturated carbocycles. The summed E-state index contributed by atoms with van der Waals surface area (Å²) in [6.45, 7) is 1.98. The molecule has 1 saturated heterocycles. The number of ether oxygens (including phenoxy) is 1. The van der Waals surface area contributed by atoms with Gasteiger partial charge in [-0.15, -0.1) is 0 Å². The molecular formula is C27H29ClN2O5. The first-order valence-corrected chi connectivity index (χ1v) is 12.5. The summed E-state index contributed by atoms with van der Waals surface area (Å²) in [5.74, 6) is -1.39. The van der Waals surface area contributed by atoms with Crippen LogP contribution in [0.3, 0.4) is 0 Å². The second-order valence-corrected chi connectivity index (χ2v) is 9.39. The standard InChI is InChI=1S/C27H29ClN2O5/c1-2-35-27(34)19-10-14-22(15-11-19)30-25(32)17-23(26(30)33)29(21-6-4-3-5-7-21)24(31)16-18-8-12-20(28)13-9-18/h8-15,21,23H,2-7,16-17H2,1H3. The number of anilines is 1. The van der Waals surface area contributed by atoms with Crippen molar-refractivity contribution in [2.24, 2.45) is 0 Å². The molecule has 2 fully saturated rings. The van der Waals surface area contributed by atoms with Crippen molar-refractivity contribution in [3.63, 3.8) is 0 Å². The Labute approximate surface area is 210 Å². The normalized spacial score (nSPS) is 18.6. The maximum absolute atomic E-state index is 13.5. The van der Waals surface area contributed by atoms with Gasteiger partial charge in [0.1, 0.15) is 6.04 Å². The van der Waals surface area contributed by atoms with Gasteiger partial charge in [-0.3, -0.25) is 14.4 Å². The highest BCUT2D eigenvalue weighted by Gasteiger charge is 2.46. The number of esters is 1. The summed E-state index contributed by atoms with van der Waals surface area (Å²) < 4.78 is 4.99. The fraction of sp³-hybridized carbons (Fsp3) is 0.407. The Morgan fingerprint density at radius 1 is 1.00 bits per heavy atom. The zero-order chi connectivity index (χ0) is 24.9. The maximum Gasteiger partial charge on any atom is 0.338 e. The Morgan fingerprint density at radius 3 is 2.29 bits per heavy atom. The number of nitrogens with zero attached hydrogens (tertiary/aromatic N) is 2. The number of hydrogen-bond donors (Lipinski definition) is 0. The van der Waals surface area contributed by atoms with Gasteiger partial charge in [-0.2, -0.15) is 0 Å². The second kappa shape index (κ2) is 11.0. The van der Waals surface area contributed by atoms with Crippen LogP contribution in [0.15, 0.2) is 48.5 Å². The lowest BCUT2D eigenvalue weighted by atomic mass is 9.92. The highest BCUT2D eigenvalue weighted by Crippen LogP contribution is 2.32.